The van der Waals surface area contributed by atoms with E-state index >= 15 is 0 Å². The molecule has 0 aliphatic rings. The van der Waals surface area contributed by atoms with E-state index in [4.69, 9.17) is 0 Å². The molecule has 0 fully saturated rings. The quantitative estimate of drug-likeness (QED) is 0.165. The van der Waals surface area contributed by atoms with Gasteiger partial charge >= 0.3 is 0 Å². The molecule has 0 bridgehead atoms. The molecule has 0 atom stereocenters. The number of anilines is 3. The van der Waals surface area contributed by atoms with E-state index in [-0.39, 0.29) is 0 Å². The SMILES string of the molecule is C(=C/c1ccc2ccccc2c1)/c1ccc(-c2ccc(N(c3cccc(-c4ccccc4)c3)c3ccc4ccccc4c3)cc2)cc1. The van der Waals surface area contributed by atoms with Crippen LogP contribution in [0.25, 0.3) is 56.0 Å². The largest absolute Gasteiger partial charge is 0.310 e. The summed E-state index contributed by atoms with van der Waals surface area (Å²) in [6.45, 7) is 0. The van der Waals surface area contributed by atoms with E-state index in [1.807, 2.05) is 0 Å². The molecule has 0 spiro atoms. The summed E-state index contributed by atoms with van der Waals surface area (Å²) in [5, 5.41) is 4.98. The summed E-state index contributed by atoms with van der Waals surface area (Å²) in [6.07, 6.45) is 4.37. The molecule has 0 saturated heterocycles. The topological polar surface area (TPSA) is 3.24 Å². The fourth-order valence-corrected chi connectivity index (χ4v) is 6.31. The van der Waals surface area contributed by atoms with Crippen LogP contribution in [0, 0.1) is 0 Å². The molecular weight excluding hydrogens is 567 g/mol. The maximum atomic E-state index is 2.35. The van der Waals surface area contributed by atoms with Gasteiger partial charge in [0.15, 0.2) is 0 Å². The summed E-state index contributed by atoms with van der Waals surface area (Å²) >= 11 is 0. The van der Waals surface area contributed by atoms with Gasteiger partial charge in [-0.1, -0.05) is 158 Å². The molecule has 0 heterocycles. The molecule has 0 radical (unpaired) electrons. The van der Waals surface area contributed by atoms with Crippen LogP contribution in [-0.4, -0.2) is 0 Å². The van der Waals surface area contributed by atoms with E-state index in [1.54, 1.807) is 0 Å². The van der Waals surface area contributed by atoms with Crippen molar-refractivity contribution in [1.29, 1.82) is 0 Å². The van der Waals surface area contributed by atoms with Crippen molar-refractivity contribution in [2.24, 2.45) is 0 Å². The summed E-state index contributed by atoms with van der Waals surface area (Å²) < 4.78 is 0. The maximum absolute atomic E-state index is 2.35. The predicted octanol–water partition coefficient (Wildman–Crippen LogP) is 13.0. The summed E-state index contributed by atoms with van der Waals surface area (Å²) in [4.78, 5) is 2.35. The van der Waals surface area contributed by atoms with Crippen LogP contribution in [0.1, 0.15) is 11.1 Å². The van der Waals surface area contributed by atoms with Gasteiger partial charge < -0.3 is 4.90 Å². The van der Waals surface area contributed by atoms with Crippen molar-refractivity contribution >= 4 is 50.8 Å². The molecule has 1 heteroatoms. The molecular formula is C46H33N. The highest BCUT2D eigenvalue weighted by molar-refractivity contribution is 5.90. The lowest BCUT2D eigenvalue weighted by atomic mass is 10.0. The van der Waals surface area contributed by atoms with E-state index in [0.717, 1.165) is 17.1 Å². The summed E-state index contributed by atoms with van der Waals surface area (Å²) in [6, 6.07) is 67.4. The van der Waals surface area contributed by atoms with Gasteiger partial charge in [0, 0.05) is 17.1 Å². The van der Waals surface area contributed by atoms with Crippen molar-refractivity contribution in [1.82, 2.24) is 0 Å². The van der Waals surface area contributed by atoms with Crippen LogP contribution in [-0.2, 0) is 0 Å². The fourth-order valence-electron chi connectivity index (χ4n) is 6.31. The van der Waals surface area contributed by atoms with Crippen LogP contribution in [0.4, 0.5) is 17.1 Å². The van der Waals surface area contributed by atoms with Crippen LogP contribution in [0.15, 0.2) is 188 Å². The third-order valence-corrected chi connectivity index (χ3v) is 8.81. The van der Waals surface area contributed by atoms with Crippen LogP contribution in [0.3, 0.4) is 0 Å². The third kappa shape index (κ3) is 6.08. The van der Waals surface area contributed by atoms with E-state index in [0.29, 0.717) is 0 Å². The van der Waals surface area contributed by atoms with Gasteiger partial charge in [0.05, 0.1) is 0 Å². The Morgan fingerprint density at radius 2 is 0.766 bits per heavy atom. The van der Waals surface area contributed by atoms with Crippen LogP contribution >= 0.6 is 0 Å². The second-order valence-corrected chi connectivity index (χ2v) is 11.9. The first-order valence-corrected chi connectivity index (χ1v) is 16.1. The van der Waals surface area contributed by atoms with Gasteiger partial charge in [-0.15, -0.1) is 0 Å². The van der Waals surface area contributed by atoms with Gasteiger partial charge in [0.25, 0.3) is 0 Å². The van der Waals surface area contributed by atoms with Gasteiger partial charge in [-0.25, -0.2) is 0 Å². The molecule has 0 aromatic heterocycles. The van der Waals surface area contributed by atoms with Crippen molar-refractivity contribution in [3.63, 3.8) is 0 Å². The van der Waals surface area contributed by atoms with Gasteiger partial charge in [-0.3, -0.25) is 0 Å². The first-order chi connectivity index (χ1) is 23.3. The molecule has 0 amide bonds. The zero-order valence-corrected chi connectivity index (χ0v) is 26.0. The highest BCUT2D eigenvalue weighted by Gasteiger charge is 2.14. The van der Waals surface area contributed by atoms with E-state index in [1.165, 1.54) is 54.9 Å². The average molecular weight is 600 g/mol. The molecule has 8 aromatic carbocycles. The lowest BCUT2D eigenvalue weighted by Gasteiger charge is -2.26. The normalized spacial score (nSPS) is 11.3. The second-order valence-electron chi connectivity index (χ2n) is 11.9. The Hall–Kier alpha value is -6.18. The van der Waals surface area contributed by atoms with Crippen LogP contribution < -0.4 is 4.90 Å². The molecule has 0 aliphatic carbocycles. The van der Waals surface area contributed by atoms with Crippen molar-refractivity contribution in [3.05, 3.63) is 199 Å². The molecule has 0 saturated carbocycles. The summed E-state index contributed by atoms with van der Waals surface area (Å²) in [7, 11) is 0. The standard InChI is InChI=1S/C46H33N/c1-2-9-36(10-3-1)43-15-8-16-45(32-43)47(46-30-27-38-12-5-7-14-42(38)33-46)44-28-25-40(26-29-44)39-22-19-34(20-23-39)17-18-35-21-24-37-11-4-6-13-41(37)31-35/h1-33H/b18-17-. The summed E-state index contributed by atoms with van der Waals surface area (Å²) in [5.41, 5.74) is 10.5. The molecule has 0 N–H and O–H groups in total. The molecule has 0 unspecified atom stereocenters. The lowest BCUT2D eigenvalue weighted by molar-refractivity contribution is 1.29. The molecule has 222 valence electrons. The Kier molecular flexibility index (Phi) is 7.63. The Labute approximate surface area is 276 Å². The lowest BCUT2D eigenvalue weighted by Crippen LogP contribution is -2.10. The molecule has 0 aliphatic heterocycles. The Bertz CT molecular complexity index is 2330. The minimum absolute atomic E-state index is 1.11. The number of fused-ring (bicyclic) bond motifs is 2. The Balaban J connectivity index is 1.09. The van der Waals surface area contributed by atoms with Gasteiger partial charge in [0.1, 0.15) is 0 Å². The molecule has 47 heavy (non-hydrogen) atoms. The Morgan fingerprint density at radius 1 is 0.277 bits per heavy atom. The van der Waals surface area contributed by atoms with Gasteiger partial charge in [0.2, 0.25) is 0 Å². The van der Waals surface area contributed by atoms with Crippen molar-refractivity contribution < 1.29 is 0 Å². The zero-order valence-electron chi connectivity index (χ0n) is 26.0. The maximum Gasteiger partial charge on any atom is 0.0468 e. The monoisotopic (exact) mass is 599 g/mol. The third-order valence-electron chi connectivity index (χ3n) is 8.81. The minimum atomic E-state index is 1.11. The smallest absolute Gasteiger partial charge is 0.0468 e. The zero-order chi connectivity index (χ0) is 31.4. The number of benzene rings is 8. The van der Waals surface area contributed by atoms with Crippen LogP contribution in [0.2, 0.25) is 0 Å². The first-order valence-electron chi connectivity index (χ1n) is 16.1. The average Bonchev–Trinajstić information content (AvgIpc) is 3.15. The number of rotatable bonds is 7. The molecule has 8 rings (SSSR count). The highest BCUT2D eigenvalue weighted by atomic mass is 15.1. The fraction of sp³-hybridized carbons (Fsp3) is 0. The molecule has 1 nitrogen and oxygen atoms in total. The Morgan fingerprint density at radius 3 is 1.49 bits per heavy atom. The summed E-state index contributed by atoms with van der Waals surface area (Å²) in [5.74, 6) is 0. The number of hydrogen-bond acceptors (Lipinski definition) is 1. The van der Waals surface area contributed by atoms with Crippen molar-refractivity contribution in [2.75, 3.05) is 4.90 Å². The molecule has 8 aromatic rings. The highest BCUT2D eigenvalue weighted by Crippen LogP contribution is 2.38. The first kappa shape index (κ1) is 28.3. The van der Waals surface area contributed by atoms with Crippen molar-refractivity contribution in [3.8, 4) is 22.3 Å². The minimum Gasteiger partial charge on any atom is -0.310 e. The predicted molar refractivity (Wildman–Crippen MR) is 202 cm³/mol. The van der Waals surface area contributed by atoms with Crippen LogP contribution in [0.5, 0.6) is 0 Å². The van der Waals surface area contributed by atoms with Crippen molar-refractivity contribution in [2.45, 2.75) is 0 Å². The van der Waals surface area contributed by atoms with E-state index in [9.17, 15) is 0 Å². The van der Waals surface area contributed by atoms with Gasteiger partial charge in [-0.2, -0.15) is 0 Å². The van der Waals surface area contributed by atoms with E-state index in [2.05, 4.69) is 205 Å². The number of nitrogens with zero attached hydrogens (tertiary/aromatic N) is 1. The second kappa shape index (κ2) is 12.7. The van der Waals surface area contributed by atoms with Gasteiger partial charge in [-0.05, 0) is 97.4 Å². The number of hydrogen-bond donors (Lipinski definition) is 0. The van der Waals surface area contributed by atoms with E-state index < -0.39 is 0 Å².